The van der Waals surface area contributed by atoms with E-state index < -0.39 is 24.6 Å². The summed E-state index contributed by atoms with van der Waals surface area (Å²) < 4.78 is 50.0. The monoisotopic (exact) mass is 323 g/mol. The zero-order valence-electron chi connectivity index (χ0n) is 10.3. The number of fused-ring (bicyclic) bond motifs is 1. The van der Waals surface area contributed by atoms with Crippen LogP contribution in [0.5, 0.6) is 0 Å². The summed E-state index contributed by atoms with van der Waals surface area (Å²) in [5.41, 5.74) is 2.07. The average Bonchev–Trinajstić information content (AvgIpc) is 2.74. The van der Waals surface area contributed by atoms with Gasteiger partial charge >= 0.3 is 12.1 Å². The first-order chi connectivity index (χ1) is 9.79. The molecule has 0 spiro atoms. The highest BCUT2D eigenvalue weighted by molar-refractivity contribution is 7.21. The maximum absolute atomic E-state index is 13.8. The third-order valence-electron chi connectivity index (χ3n) is 2.54. The van der Waals surface area contributed by atoms with E-state index in [0.29, 0.717) is 4.70 Å². The van der Waals surface area contributed by atoms with Crippen LogP contribution < -0.4 is 5.48 Å². The number of carboxylic acid groups (broad SMARTS) is 1. The molecule has 0 amide bonds. The number of aromatic carboxylic acids is 1. The van der Waals surface area contributed by atoms with Gasteiger partial charge in [-0.3, -0.25) is 4.84 Å². The molecule has 1 aromatic carbocycles. The lowest BCUT2D eigenvalue weighted by Gasteiger charge is -2.09. The maximum atomic E-state index is 13.8. The van der Waals surface area contributed by atoms with E-state index in [1.165, 1.54) is 12.1 Å². The van der Waals surface area contributed by atoms with Crippen molar-refractivity contribution in [3.63, 3.8) is 0 Å². The summed E-state index contributed by atoms with van der Waals surface area (Å²) in [7, 11) is 0. The summed E-state index contributed by atoms with van der Waals surface area (Å²) in [6.45, 7) is -1.88. The number of hydrogen-bond acceptors (Lipinski definition) is 4. The molecule has 2 rings (SSSR count). The number of alkyl halides is 3. The normalized spacial score (nSPS) is 12.0. The lowest BCUT2D eigenvalue weighted by Crippen LogP contribution is -2.24. The van der Waals surface area contributed by atoms with Crippen molar-refractivity contribution in [1.29, 1.82) is 0 Å². The molecule has 1 heterocycles. The molecule has 0 unspecified atom stereocenters. The molecule has 0 bridgehead atoms. The number of halogens is 4. The molecule has 2 aromatic rings. The van der Waals surface area contributed by atoms with Crippen molar-refractivity contribution in [2.24, 2.45) is 0 Å². The minimum atomic E-state index is -4.51. The Bertz CT molecular complexity index is 668. The molecule has 0 aliphatic rings. The molecule has 0 saturated heterocycles. The highest BCUT2D eigenvalue weighted by Gasteiger charge is 2.28. The highest BCUT2D eigenvalue weighted by atomic mass is 32.1. The summed E-state index contributed by atoms with van der Waals surface area (Å²) >= 11 is 0.852. The lowest BCUT2D eigenvalue weighted by molar-refractivity contribution is -0.190. The van der Waals surface area contributed by atoms with E-state index in [9.17, 15) is 22.4 Å². The third kappa shape index (κ3) is 3.69. The Balaban J connectivity index is 2.24. The van der Waals surface area contributed by atoms with Gasteiger partial charge < -0.3 is 5.11 Å². The SMILES string of the molecule is O=C(O)c1sc2cccc(F)c2c1CNOCC(F)(F)F. The standard InChI is InChI=1S/C12H9F4NO3S/c13-7-2-1-3-8-9(7)6(10(21-8)11(18)19)4-17-20-5-12(14,15)16/h1-3,17H,4-5H2,(H,18,19). The van der Waals surface area contributed by atoms with Crippen LogP contribution in [0.25, 0.3) is 10.1 Å². The zero-order valence-corrected chi connectivity index (χ0v) is 11.1. The summed E-state index contributed by atoms with van der Waals surface area (Å²) in [5, 5.41) is 9.15. The molecule has 4 nitrogen and oxygen atoms in total. The van der Waals surface area contributed by atoms with E-state index >= 15 is 0 Å². The second-order valence-electron chi connectivity index (χ2n) is 4.05. The Kier molecular flexibility index (Phi) is 4.45. The van der Waals surface area contributed by atoms with Crippen LogP contribution in [0, 0.1) is 5.82 Å². The fourth-order valence-corrected chi connectivity index (χ4v) is 2.84. The molecular formula is C12H9F4NO3S. The van der Waals surface area contributed by atoms with E-state index in [1.54, 1.807) is 0 Å². The molecule has 114 valence electrons. The van der Waals surface area contributed by atoms with Crippen LogP contribution in [-0.4, -0.2) is 23.9 Å². The van der Waals surface area contributed by atoms with Crippen molar-refractivity contribution in [2.75, 3.05) is 6.61 Å². The van der Waals surface area contributed by atoms with Crippen molar-refractivity contribution < 1.29 is 32.3 Å². The van der Waals surface area contributed by atoms with Crippen LogP contribution >= 0.6 is 11.3 Å². The molecule has 0 atom stereocenters. The number of hydroxylamine groups is 1. The first kappa shape index (κ1) is 15.7. The van der Waals surface area contributed by atoms with Gasteiger partial charge in [0.05, 0.1) is 0 Å². The van der Waals surface area contributed by atoms with Gasteiger partial charge in [0.2, 0.25) is 0 Å². The lowest BCUT2D eigenvalue weighted by atomic mass is 10.1. The Morgan fingerprint density at radius 2 is 2.10 bits per heavy atom. The van der Waals surface area contributed by atoms with Crippen molar-refractivity contribution in [2.45, 2.75) is 12.7 Å². The number of nitrogens with one attached hydrogen (secondary N) is 1. The number of benzene rings is 1. The molecule has 0 radical (unpaired) electrons. The molecule has 2 N–H and O–H groups in total. The van der Waals surface area contributed by atoms with E-state index in [4.69, 9.17) is 5.11 Å². The number of carbonyl (C=O) groups is 1. The van der Waals surface area contributed by atoms with Gasteiger partial charge in [0.15, 0.2) is 6.61 Å². The first-order valence-corrected chi connectivity index (χ1v) is 6.46. The van der Waals surface area contributed by atoms with Crippen LogP contribution in [-0.2, 0) is 11.4 Å². The average molecular weight is 323 g/mol. The number of carboxylic acids is 1. The summed E-state index contributed by atoms with van der Waals surface area (Å²) in [5.74, 6) is -1.91. The second-order valence-corrected chi connectivity index (χ2v) is 5.11. The molecule has 9 heteroatoms. The molecule has 0 aliphatic carbocycles. The van der Waals surface area contributed by atoms with Crippen molar-refractivity contribution in [3.8, 4) is 0 Å². The van der Waals surface area contributed by atoms with Gasteiger partial charge in [-0.25, -0.2) is 9.18 Å². The quantitative estimate of drug-likeness (QED) is 0.503. The predicted octanol–water partition coefficient (Wildman–Crippen LogP) is 3.32. The second kappa shape index (κ2) is 5.96. The number of thiophene rings is 1. The van der Waals surface area contributed by atoms with Crippen molar-refractivity contribution in [3.05, 3.63) is 34.5 Å². The maximum Gasteiger partial charge on any atom is 0.413 e. The Morgan fingerprint density at radius 1 is 1.38 bits per heavy atom. The third-order valence-corrected chi connectivity index (χ3v) is 3.73. The zero-order chi connectivity index (χ0) is 15.6. The predicted molar refractivity (Wildman–Crippen MR) is 67.6 cm³/mol. The molecule has 21 heavy (non-hydrogen) atoms. The molecule has 0 saturated carbocycles. The van der Waals surface area contributed by atoms with E-state index in [1.807, 2.05) is 5.48 Å². The van der Waals surface area contributed by atoms with Gasteiger partial charge in [-0.15, -0.1) is 11.3 Å². The van der Waals surface area contributed by atoms with Crippen LogP contribution in [0.4, 0.5) is 17.6 Å². The minimum absolute atomic E-state index is 0.0581. The fraction of sp³-hybridized carbons (Fsp3) is 0.250. The van der Waals surface area contributed by atoms with Crippen LogP contribution in [0.1, 0.15) is 15.2 Å². The first-order valence-electron chi connectivity index (χ1n) is 5.64. The van der Waals surface area contributed by atoms with Crippen molar-refractivity contribution >= 4 is 27.4 Å². The Morgan fingerprint density at radius 3 is 2.71 bits per heavy atom. The van der Waals surface area contributed by atoms with Crippen LogP contribution in [0.3, 0.4) is 0 Å². The smallest absolute Gasteiger partial charge is 0.413 e. The molecule has 0 aliphatic heterocycles. The topological polar surface area (TPSA) is 58.6 Å². The van der Waals surface area contributed by atoms with Gasteiger partial charge in [0.1, 0.15) is 10.7 Å². The van der Waals surface area contributed by atoms with Crippen molar-refractivity contribution in [1.82, 2.24) is 5.48 Å². The highest BCUT2D eigenvalue weighted by Crippen LogP contribution is 2.33. The summed E-state index contributed by atoms with van der Waals surface area (Å²) in [6.07, 6.45) is -4.51. The van der Waals surface area contributed by atoms with E-state index in [2.05, 4.69) is 4.84 Å². The molecule has 0 fully saturated rings. The van der Waals surface area contributed by atoms with E-state index in [0.717, 1.165) is 17.4 Å². The van der Waals surface area contributed by atoms with Gasteiger partial charge in [0.25, 0.3) is 0 Å². The summed E-state index contributed by atoms with van der Waals surface area (Å²) in [4.78, 5) is 15.2. The van der Waals surface area contributed by atoms with Gasteiger partial charge in [-0.05, 0) is 12.1 Å². The summed E-state index contributed by atoms with van der Waals surface area (Å²) in [6, 6.07) is 4.12. The largest absolute Gasteiger partial charge is 0.477 e. The number of rotatable bonds is 5. The van der Waals surface area contributed by atoms with Gasteiger partial charge in [-0.1, -0.05) is 6.07 Å². The number of hydrogen-bond donors (Lipinski definition) is 2. The van der Waals surface area contributed by atoms with Crippen LogP contribution in [0.2, 0.25) is 0 Å². The Hall–Kier alpha value is -1.71. The van der Waals surface area contributed by atoms with Crippen LogP contribution in [0.15, 0.2) is 18.2 Å². The molecular weight excluding hydrogens is 314 g/mol. The molecule has 1 aromatic heterocycles. The van der Waals surface area contributed by atoms with Gasteiger partial charge in [0, 0.05) is 22.2 Å². The minimum Gasteiger partial charge on any atom is -0.477 e. The van der Waals surface area contributed by atoms with E-state index in [-0.39, 0.29) is 22.4 Å². The van der Waals surface area contributed by atoms with Gasteiger partial charge in [-0.2, -0.15) is 18.7 Å². The Labute approximate surface area is 119 Å². The fourth-order valence-electron chi connectivity index (χ4n) is 1.76.